The van der Waals surface area contributed by atoms with Crippen LogP contribution in [0.25, 0.3) is 22.1 Å². The minimum Gasteiger partial charge on any atom is -0.451 e. The molecule has 0 N–H and O–H groups in total. The van der Waals surface area contributed by atoms with Crippen LogP contribution in [0.15, 0.2) is 83.5 Å². The molecule has 0 aliphatic carbocycles. The van der Waals surface area contributed by atoms with Gasteiger partial charge in [-0.2, -0.15) is 0 Å². The first-order valence-corrected chi connectivity index (χ1v) is 11.2. The molecule has 1 aliphatic rings. The number of carbonyl (C=O) groups is 2. The highest BCUT2D eigenvalue weighted by Crippen LogP contribution is 2.28. The van der Waals surface area contributed by atoms with Crippen molar-refractivity contribution in [3.05, 3.63) is 90.4 Å². The minimum absolute atomic E-state index is 0.0299. The molecule has 0 bridgehead atoms. The molecule has 6 heteroatoms. The summed E-state index contributed by atoms with van der Waals surface area (Å²) in [5.74, 6) is -0.0131. The highest BCUT2D eigenvalue weighted by molar-refractivity contribution is 5.99. The summed E-state index contributed by atoms with van der Waals surface area (Å²) in [5, 5.41) is 0.874. The number of amides is 2. The van der Waals surface area contributed by atoms with E-state index < -0.39 is 6.04 Å². The Bertz CT molecular complexity index is 1270. The quantitative estimate of drug-likeness (QED) is 0.462. The molecule has 0 saturated carbocycles. The van der Waals surface area contributed by atoms with E-state index in [0.717, 1.165) is 22.1 Å². The van der Waals surface area contributed by atoms with Gasteiger partial charge in [-0.3, -0.25) is 14.6 Å². The molecule has 166 valence electrons. The molecule has 2 amide bonds. The van der Waals surface area contributed by atoms with Crippen LogP contribution in [0.4, 0.5) is 0 Å². The molecule has 1 saturated heterocycles. The molecule has 1 aliphatic heterocycles. The van der Waals surface area contributed by atoms with E-state index in [2.05, 4.69) is 4.98 Å². The van der Waals surface area contributed by atoms with Crippen molar-refractivity contribution >= 4 is 22.8 Å². The number of pyridine rings is 1. The van der Waals surface area contributed by atoms with E-state index in [-0.39, 0.29) is 17.6 Å². The summed E-state index contributed by atoms with van der Waals surface area (Å²) in [5.41, 5.74) is 3.75. The number of rotatable bonds is 5. The first-order chi connectivity index (χ1) is 16.2. The Morgan fingerprint density at radius 1 is 1.03 bits per heavy atom. The van der Waals surface area contributed by atoms with Gasteiger partial charge >= 0.3 is 0 Å². The number of para-hydroxylation sites is 1. The van der Waals surface area contributed by atoms with E-state index in [0.29, 0.717) is 31.6 Å². The Morgan fingerprint density at radius 2 is 1.79 bits per heavy atom. The molecule has 4 aromatic rings. The van der Waals surface area contributed by atoms with Crippen LogP contribution in [0.1, 0.15) is 23.0 Å². The summed E-state index contributed by atoms with van der Waals surface area (Å²) in [6.45, 7) is 3.58. The van der Waals surface area contributed by atoms with Crippen LogP contribution in [0.2, 0.25) is 0 Å². The van der Waals surface area contributed by atoms with E-state index in [1.807, 2.05) is 72.5 Å². The van der Waals surface area contributed by atoms with Crippen molar-refractivity contribution in [1.29, 1.82) is 0 Å². The molecule has 33 heavy (non-hydrogen) atoms. The number of fused-ring (bicyclic) bond motifs is 1. The smallest absolute Gasteiger partial charge is 0.290 e. The summed E-state index contributed by atoms with van der Waals surface area (Å²) < 4.78 is 5.84. The first kappa shape index (κ1) is 20.9. The molecule has 6 nitrogen and oxygen atoms in total. The Kier molecular flexibility index (Phi) is 5.65. The van der Waals surface area contributed by atoms with Gasteiger partial charge in [0.1, 0.15) is 11.6 Å². The van der Waals surface area contributed by atoms with E-state index in [4.69, 9.17) is 4.42 Å². The van der Waals surface area contributed by atoms with Gasteiger partial charge in [-0.15, -0.1) is 0 Å². The van der Waals surface area contributed by atoms with Gasteiger partial charge < -0.3 is 14.2 Å². The number of hydrogen-bond donors (Lipinski definition) is 0. The number of benzene rings is 2. The molecule has 2 aromatic carbocycles. The van der Waals surface area contributed by atoms with Gasteiger partial charge in [0, 0.05) is 43.8 Å². The fraction of sp³-hybridized carbons (Fsp3) is 0.222. The Morgan fingerprint density at radius 3 is 2.58 bits per heavy atom. The summed E-state index contributed by atoms with van der Waals surface area (Å²) in [7, 11) is 0. The predicted molar refractivity (Wildman–Crippen MR) is 127 cm³/mol. The normalized spacial score (nSPS) is 16.4. The Labute approximate surface area is 192 Å². The van der Waals surface area contributed by atoms with Crippen LogP contribution in [0, 0.1) is 0 Å². The van der Waals surface area contributed by atoms with Gasteiger partial charge in [0.25, 0.3) is 5.91 Å². The lowest BCUT2D eigenvalue weighted by Gasteiger charge is -2.40. The number of nitrogens with zero attached hydrogens (tertiary/aromatic N) is 3. The van der Waals surface area contributed by atoms with Crippen molar-refractivity contribution in [3.8, 4) is 11.1 Å². The van der Waals surface area contributed by atoms with Crippen molar-refractivity contribution in [2.75, 3.05) is 19.6 Å². The summed E-state index contributed by atoms with van der Waals surface area (Å²) in [6.07, 6.45) is 3.95. The highest BCUT2D eigenvalue weighted by Gasteiger charge is 2.38. The van der Waals surface area contributed by atoms with Crippen molar-refractivity contribution in [2.45, 2.75) is 19.4 Å². The maximum absolute atomic E-state index is 13.5. The Balaban J connectivity index is 1.50. The summed E-state index contributed by atoms with van der Waals surface area (Å²) in [6, 6.07) is 20.6. The molecule has 5 rings (SSSR count). The fourth-order valence-electron chi connectivity index (χ4n) is 4.54. The topological polar surface area (TPSA) is 66.7 Å². The van der Waals surface area contributed by atoms with Crippen LogP contribution in [-0.4, -0.2) is 52.3 Å². The number of furan rings is 1. The molecule has 2 aromatic heterocycles. The van der Waals surface area contributed by atoms with E-state index in [9.17, 15) is 9.59 Å². The number of hydrogen-bond acceptors (Lipinski definition) is 4. The third-order valence-corrected chi connectivity index (χ3v) is 6.28. The molecule has 1 fully saturated rings. The average molecular weight is 440 g/mol. The molecule has 1 atom stereocenters. The number of piperazine rings is 1. The zero-order valence-electron chi connectivity index (χ0n) is 18.5. The highest BCUT2D eigenvalue weighted by atomic mass is 16.3. The lowest BCUT2D eigenvalue weighted by molar-refractivity contribution is -0.139. The van der Waals surface area contributed by atoms with Crippen LogP contribution in [0.5, 0.6) is 0 Å². The fourth-order valence-corrected chi connectivity index (χ4v) is 4.54. The lowest BCUT2D eigenvalue weighted by atomic mass is 9.93. The number of carbonyl (C=O) groups excluding carboxylic acids is 2. The summed E-state index contributed by atoms with van der Waals surface area (Å²) in [4.78, 5) is 34.5. The summed E-state index contributed by atoms with van der Waals surface area (Å²) >= 11 is 0. The molecule has 1 unspecified atom stereocenters. The number of likely N-dealkylation sites (N-methyl/N-ethyl adjacent to an activating group) is 1. The second-order valence-corrected chi connectivity index (χ2v) is 8.18. The van der Waals surface area contributed by atoms with E-state index in [1.54, 1.807) is 23.4 Å². The maximum atomic E-state index is 13.5. The van der Waals surface area contributed by atoms with E-state index in [1.165, 1.54) is 0 Å². The number of aromatic nitrogens is 1. The first-order valence-electron chi connectivity index (χ1n) is 11.2. The van der Waals surface area contributed by atoms with E-state index >= 15 is 0 Å². The lowest BCUT2D eigenvalue weighted by Crippen LogP contribution is -2.59. The third-order valence-electron chi connectivity index (χ3n) is 6.28. The predicted octanol–water partition coefficient (Wildman–Crippen LogP) is 4.41. The van der Waals surface area contributed by atoms with Gasteiger partial charge in [-0.25, -0.2) is 0 Å². The van der Waals surface area contributed by atoms with Gasteiger partial charge in [0.05, 0.1) is 0 Å². The molecular formula is C27H25N3O3. The largest absolute Gasteiger partial charge is 0.451 e. The zero-order valence-corrected chi connectivity index (χ0v) is 18.5. The molecule has 3 heterocycles. The van der Waals surface area contributed by atoms with Crippen molar-refractivity contribution < 1.29 is 14.0 Å². The van der Waals surface area contributed by atoms with Gasteiger partial charge in [0.2, 0.25) is 5.91 Å². The monoisotopic (exact) mass is 439 g/mol. The standard InChI is InChI=1S/C27H25N3O3/c1-2-29-15-16-30(27(32)25-18-21-8-4-6-10-24(21)33-25)23(26(29)31)17-20-7-3-5-9-22(20)19-11-13-28-14-12-19/h3-14,18,23H,2,15-17H2,1H3. The molecule has 0 spiro atoms. The zero-order chi connectivity index (χ0) is 22.8. The van der Waals surface area contributed by atoms with Crippen molar-refractivity contribution in [1.82, 2.24) is 14.8 Å². The average Bonchev–Trinajstić information content (AvgIpc) is 3.30. The SMILES string of the molecule is CCN1CCN(C(=O)c2cc3ccccc3o2)C(Cc2ccccc2-c2ccncc2)C1=O. The van der Waals surface area contributed by atoms with Crippen LogP contribution in [0.3, 0.4) is 0 Å². The third kappa shape index (κ3) is 4.00. The molecular weight excluding hydrogens is 414 g/mol. The maximum Gasteiger partial charge on any atom is 0.290 e. The van der Waals surface area contributed by atoms with Crippen molar-refractivity contribution in [3.63, 3.8) is 0 Å². The second kappa shape index (κ2) is 8.90. The second-order valence-electron chi connectivity index (χ2n) is 8.18. The van der Waals surface area contributed by atoms with Gasteiger partial charge in [-0.1, -0.05) is 42.5 Å². The van der Waals surface area contributed by atoms with Crippen LogP contribution >= 0.6 is 0 Å². The minimum atomic E-state index is -0.595. The Hall–Kier alpha value is -3.93. The van der Waals surface area contributed by atoms with Crippen molar-refractivity contribution in [2.24, 2.45) is 0 Å². The molecule has 0 radical (unpaired) electrons. The van der Waals surface area contributed by atoms with Gasteiger partial charge in [0.15, 0.2) is 5.76 Å². The van der Waals surface area contributed by atoms with Crippen LogP contribution < -0.4 is 0 Å². The van der Waals surface area contributed by atoms with Gasteiger partial charge in [-0.05, 0) is 47.9 Å². The van der Waals surface area contributed by atoms with Crippen LogP contribution in [-0.2, 0) is 11.2 Å².